The number of carbonyl (C=O) groups excluding carboxylic acids is 1. The number of amides is 1. The third kappa shape index (κ3) is 4.41. The number of halogens is 1. The average Bonchev–Trinajstić information content (AvgIpc) is 2.66. The second kappa shape index (κ2) is 8.03. The fourth-order valence-electron chi connectivity index (χ4n) is 2.71. The highest BCUT2D eigenvalue weighted by atomic mass is 19.1. The first-order valence-electron chi connectivity index (χ1n) is 8.59. The van der Waals surface area contributed by atoms with Crippen LogP contribution < -0.4 is 15.1 Å². The van der Waals surface area contributed by atoms with Crippen molar-refractivity contribution in [1.82, 2.24) is 25.3 Å². The molecule has 0 saturated carbocycles. The maximum absolute atomic E-state index is 13.2. The Balaban J connectivity index is 1.75. The number of piperidine rings is 1. The summed E-state index contributed by atoms with van der Waals surface area (Å²) in [5.74, 6) is 0.641. The SMILES string of the molecule is CN(C)c1nc(CNC(=O)c2cncc(F)c2)nc(N2CCCCC2)n1. The van der Waals surface area contributed by atoms with Crippen molar-refractivity contribution in [2.75, 3.05) is 37.0 Å². The largest absolute Gasteiger partial charge is 0.347 e. The topological polar surface area (TPSA) is 87.1 Å². The van der Waals surface area contributed by atoms with E-state index in [-0.39, 0.29) is 12.1 Å². The van der Waals surface area contributed by atoms with E-state index in [0.29, 0.717) is 17.7 Å². The van der Waals surface area contributed by atoms with E-state index in [4.69, 9.17) is 0 Å². The van der Waals surface area contributed by atoms with Crippen LogP contribution in [0.4, 0.5) is 16.3 Å². The van der Waals surface area contributed by atoms with Crippen LogP contribution in [0.2, 0.25) is 0 Å². The number of rotatable bonds is 5. The van der Waals surface area contributed by atoms with Crippen molar-refractivity contribution in [2.24, 2.45) is 0 Å². The zero-order valence-electron chi connectivity index (χ0n) is 14.9. The molecule has 0 spiro atoms. The van der Waals surface area contributed by atoms with Gasteiger partial charge in [-0.25, -0.2) is 4.39 Å². The molecule has 1 saturated heterocycles. The summed E-state index contributed by atoms with van der Waals surface area (Å²) in [4.78, 5) is 33.2. The summed E-state index contributed by atoms with van der Waals surface area (Å²) >= 11 is 0. The van der Waals surface area contributed by atoms with Crippen LogP contribution in [-0.2, 0) is 6.54 Å². The summed E-state index contributed by atoms with van der Waals surface area (Å²) in [6.45, 7) is 1.95. The fraction of sp³-hybridized carbons (Fsp3) is 0.471. The van der Waals surface area contributed by atoms with Gasteiger partial charge < -0.3 is 15.1 Å². The van der Waals surface area contributed by atoms with Gasteiger partial charge in [-0.1, -0.05) is 0 Å². The number of anilines is 2. The molecule has 2 aromatic heterocycles. The first-order chi connectivity index (χ1) is 12.5. The highest BCUT2D eigenvalue weighted by molar-refractivity contribution is 5.93. The van der Waals surface area contributed by atoms with Crippen molar-refractivity contribution in [3.63, 3.8) is 0 Å². The monoisotopic (exact) mass is 359 g/mol. The molecule has 1 aliphatic heterocycles. The van der Waals surface area contributed by atoms with Gasteiger partial charge in [0, 0.05) is 33.4 Å². The van der Waals surface area contributed by atoms with E-state index < -0.39 is 11.7 Å². The van der Waals surface area contributed by atoms with Gasteiger partial charge in [0.25, 0.3) is 5.91 Å². The maximum atomic E-state index is 13.2. The lowest BCUT2D eigenvalue weighted by Gasteiger charge is -2.27. The van der Waals surface area contributed by atoms with Gasteiger partial charge >= 0.3 is 0 Å². The Labute approximate surface area is 151 Å². The lowest BCUT2D eigenvalue weighted by Crippen LogP contribution is -2.33. The minimum atomic E-state index is -0.555. The van der Waals surface area contributed by atoms with E-state index >= 15 is 0 Å². The molecule has 138 valence electrons. The summed E-state index contributed by atoms with van der Waals surface area (Å²) < 4.78 is 13.2. The highest BCUT2D eigenvalue weighted by Crippen LogP contribution is 2.18. The molecule has 3 rings (SSSR count). The van der Waals surface area contributed by atoms with Crippen molar-refractivity contribution in [3.8, 4) is 0 Å². The lowest BCUT2D eigenvalue weighted by atomic mass is 10.1. The van der Waals surface area contributed by atoms with Gasteiger partial charge in [0.05, 0.1) is 18.3 Å². The van der Waals surface area contributed by atoms with Crippen molar-refractivity contribution < 1.29 is 9.18 Å². The molecule has 1 fully saturated rings. The quantitative estimate of drug-likeness (QED) is 0.863. The van der Waals surface area contributed by atoms with Gasteiger partial charge in [-0.15, -0.1) is 0 Å². The van der Waals surface area contributed by atoms with Gasteiger partial charge in [0.1, 0.15) is 5.82 Å². The van der Waals surface area contributed by atoms with E-state index in [0.717, 1.165) is 38.2 Å². The van der Waals surface area contributed by atoms with E-state index in [1.807, 2.05) is 14.1 Å². The number of hydrogen-bond acceptors (Lipinski definition) is 7. The van der Waals surface area contributed by atoms with E-state index in [1.165, 1.54) is 12.6 Å². The predicted octanol–water partition coefficient (Wildman–Crippen LogP) is 1.39. The number of carbonyl (C=O) groups is 1. The van der Waals surface area contributed by atoms with Gasteiger partial charge in [0.15, 0.2) is 5.82 Å². The molecule has 1 amide bonds. The van der Waals surface area contributed by atoms with Crippen LogP contribution >= 0.6 is 0 Å². The Kier molecular flexibility index (Phi) is 5.55. The molecule has 1 aliphatic rings. The Morgan fingerprint density at radius 3 is 2.65 bits per heavy atom. The molecule has 2 aromatic rings. The van der Waals surface area contributed by atoms with E-state index in [2.05, 4.69) is 30.2 Å². The van der Waals surface area contributed by atoms with E-state index in [1.54, 1.807) is 4.90 Å². The Bertz CT molecular complexity index is 777. The Hall–Kier alpha value is -2.84. The zero-order chi connectivity index (χ0) is 18.5. The molecule has 8 nitrogen and oxygen atoms in total. The maximum Gasteiger partial charge on any atom is 0.253 e. The second-order valence-corrected chi connectivity index (χ2v) is 6.37. The van der Waals surface area contributed by atoms with Crippen LogP contribution in [-0.4, -0.2) is 53.0 Å². The van der Waals surface area contributed by atoms with Gasteiger partial charge in [-0.3, -0.25) is 9.78 Å². The van der Waals surface area contributed by atoms with Crippen LogP contribution in [0.5, 0.6) is 0 Å². The van der Waals surface area contributed by atoms with Crippen LogP contribution in [0.1, 0.15) is 35.4 Å². The van der Waals surface area contributed by atoms with Crippen molar-refractivity contribution in [2.45, 2.75) is 25.8 Å². The molecule has 1 N–H and O–H groups in total. The molecule has 9 heteroatoms. The molecular formula is C17H22FN7O. The summed E-state index contributed by atoms with van der Waals surface area (Å²) in [6, 6.07) is 1.14. The normalized spacial score (nSPS) is 14.2. The number of pyridine rings is 1. The molecule has 0 aliphatic carbocycles. The Morgan fingerprint density at radius 1 is 1.19 bits per heavy atom. The van der Waals surface area contributed by atoms with Crippen LogP contribution in [0.25, 0.3) is 0 Å². The van der Waals surface area contributed by atoms with Crippen LogP contribution in [0, 0.1) is 5.82 Å². The second-order valence-electron chi connectivity index (χ2n) is 6.37. The minimum absolute atomic E-state index is 0.125. The summed E-state index contributed by atoms with van der Waals surface area (Å²) in [5.41, 5.74) is 0.156. The molecule has 3 heterocycles. The smallest absolute Gasteiger partial charge is 0.253 e. The summed E-state index contributed by atoms with van der Waals surface area (Å²) in [6.07, 6.45) is 5.81. The van der Waals surface area contributed by atoms with Gasteiger partial charge in [0.2, 0.25) is 11.9 Å². The number of hydrogen-bond donors (Lipinski definition) is 1. The fourth-order valence-corrected chi connectivity index (χ4v) is 2.71. The standard InChI is InChI=1S/C17H22FN7O/c1-24(2)16-21-14(22-17(23-16)25-6-4-3-5-7-25)11-20-15(26)12-8-13(18)10-19-9-12/h8-10H,3-7,11H2,1-2H3,(H,20,26). The van der Waals surface area contributed by atoms with Gasteiger partial charge in [-0.05, 0) is 25.3 Å². The van der Waals surface area contributed by atoms with Crippen LogP contribution in [0.3, 0.4) is 0 Å². The Morgan fingerprint density at radius 2 is 1.96 bits per heavy atom. The first kappa shape index (κ1) is 18.0. The molecule has 0 atom stereocenters. The van der Waals surface area contributed by atoms with Crippen LogP contribution in [0.15, 0.2) is 18.5 Å². The third-order valence-electron chi connectivity index (χ3n) is 4.07. The van der Waals surface area contributed by atoms with Gasteiger partial charge in [-0.2, -0.15) is 15.0 Å². The molecule has 26 heavy (non-hydrogen) atoms. The van der Waals surface area contributed by atoms with Crippen molar-refractivity contribution >= 4 is 17.8 Å². The first-order valence-corrected chi connectivity index (χ1v) is 8.59. The zero-order valence-corrected chi connectivity index (χ0v) is 14.9. The molecule has 0 unspecified atom stereocenters. The highest BCUT2D eigenvalue weighted by Gasteiger charge is 2.17. The minimum Gasteiger partial charge on any atom is -0.347 e. The number of nitrogens with one attached hydrogen (secondary N) is 1. The average molecular weight is 359 g/mol. The summed E-state index contributed by atoms with van der Waals surface area (Å²) in [7, 11) is 3.71. The molecule has 0 aromatic carbocycles. The number of nitrogens with zero attached hydrogens (tertiary/aromatic N) is 6. The third-order valence-corrected chi connectivity index (χ3v) is 4.07. The van der Waals surface area contributed by atoms with E-state index in [9.17, 15) is 9.18 Å². The molecule has 0 radical (unpaired) electrons. The van der Waals surface area contributed by atoms with Crippen molar-refractivity contribution in [3.05, 3.63) is 35.7 Å². The summed E-state index contributed by atoms with van der Waals surface area (Å²) in [5, 5.41) is 2.70. The van der Waals surface area contributed by atoms with Crippen molar-refractivity contribution in [1.29, 1.82) is 0 Å². The molecular weight excluding hydrogens is 337 g/mol. The lowest BCUT2D eigenvalue weighted by molar-refractivity contribution is 0.0949. The number of aromatic nitrogens is 4. The predicted molar refractivity (Wildman–Crippen MR) is 95.6 cm³/mol. The molecule has 0 bridgehead atoms.